The summed E-state index contributed by atoms with van der Waals surface area (Å²) >= 11 is 0. The van der Waals surface area contributed by atoms with Crippen molar-refractivity contribution in [2.24, 2.45) is 10.8 Å². The molecule has 1 heterocycles. The summed E-state index contributed by atoms with van der Waals surface area (Å²) in [5.74, 6) is 0.808. The van der Waals surface area contributed by atoms with Gasteiger partial charge in [0.25, 0.3) is 0 Å². The van der Waals surface area contributed by atoms with Crippen LogP contribution in [0.15, 0.2) is 0 Å². The number of aromatic nitrogens is 4. The molecule has 0 unspecified atom stereocenters. The summed E-state index contributed by atoms with van der Waals surface area (Å²) in [6, 6.07) is 0. The molecule has 1 N–H and O–H groups in total. The molecule has 1 aromatic heterocycles. The second kappa shape index (κ2) is 3.67. The van der Waals surface area contributed by atoms with Crippen molar-refractivity contribution in [1.82, 2.24) is 20.6 Å². The van der Waals surface area contributed by atoms with E-state index in [1.165, 1.54) is 0 Å². The summed E-state index contributed by atoms with van der Waals surface area (Å²) in [6.07, 6.45) is 1.97. The number of aryl methyl sites for hydroxylation is 1. The van der Waals surface area contributed by atoms with Gasteiger partial charge < -0.3 is 0 Å². The SMILES string of the molecule is CC(C)(C)C(C)(C)CCc1nn[nH]n1. The first-order valence-corrected chi connectivity index (χ1v) is 5.05. The Kier molecular flexibility index (Phi) is 2.92. The van der Waals surface area contributed by atoms with Crippen LogP contribution in [0, 0.1) is 10.8 Å². The Bertz CT molecular complexity index is 269. The smallest absolute Gasteiger partial charge is 0.174 e. The summed E-state index contributed by atoms with van der Waals surface area (Å²) in [6.45, 7) is 11.4. The van der Waals surface area contributed by atoms with Crippen LogP contribution in [0.4, 0.5) is 0 Å². The van der Waals surface area contributed by atoms with Crippen LogP contribution in [-0.4, -0.2) is 20.6 Å². The Labute approximate surface area is 85.5 Å². The molecule has 0 aliphatic rings. The Morgan fingerprint density at radius 1 is 1.14 bits per heavy atom. The molecule has 0 saturated heterocycles. The summed E-state index contributed by atoms with van der Waals surface area (Å²) in [5.41, 5.74) is 0.588. The average Bonchev–Trinajstić information content (AvgIpc) is 2.50. The fraction of sp³-hybridized carbons (Fsp3) is 0.900. The van der Waals surface area contributed by atoms with E-state index in [1.807, 2.05) is 0 Å². The molecule has 0 aliphatic carbocycles. The van der Waals surface area contributed by atoms with Crippen molar-refractivity contribution in [2.75, 3.05) is 0 Å². The van der Waals surface area contributed by atoms with E-state index in [0.29, 0.717) is 5.41 Å². The van der Waals surface area contributed by atoms with Crippen LogP contribution in [0.25, 0.3) is 0 Å². The molecule has 80 valence electrons. The molecular formula is C10H20N4. The van der Waals surface area contributed by atoms with Crippen LogP contribution in [0.1, 0.15) is 46.9 Å². The van der Waals surface area contributed by atoms with Gasteiger partial charge in [0.2, 0.25) is 0 Å². The largest absolute Gasteiger partial charge is 0.177 e. The van der Waals surface area contributed by atoms with Gasteiger partial charge in [0.1, 0.15) is 0 Å². The van der Waals surface area contributed by atoms with E-state index in [2.05, 4.69) is 55.2 Å². The van der Waals surface area contributed by atoms with E-state index >= 15 is 0 Å². The van der Waals surface area contributed by atoms with E-state index < -0.39 is 0 Å². The fourth-order valence-electron chi connectivity index (χ4n) is 1.09. The quantitative estimate of drug-likeness (QED) is 0.806. The minimum atomic E-state index is 0.285. The van der Waals surface area contributed by atoms with Crippen molar-refractivity contribution in [3.8, 4) is 0 Å². The molecular weight excluding hydrogens is 176 g/mol. The number of H-pyrrole nitrogens is 1. The third-order valence-electron chi connectivity index (χ3n) is 3.39. The van der Waals surface area contributed by atoms with E-state index in [0.717, 1.165) is 18.7 Å². The molecule has 0 aliphatic heterocycles. The lowest BCUT2D eigenvalue weighted by Crippen LogP contribution is -2.30. The van der Waals surface area contributed by atoms with Gasteiger partial charge in [0.05, 0.1) is 0 Å². The van der Waals surface area contributed by atoms with Gasteiger partial charge in [0, 0.05) is 6.42 Å². The maximum Gasteiger partial charge on any atom is 0.174 e. The molecule has 0 spiro atoms. The molecule has 0 radical (unpaired) electrons. The van der Waals surface area contributed by atoms with Gasteiger partial charge in [-0.1, -0.05) is 39.8 Å². The number of hydrogen-bond acceptors (Lipinski definition) is 3. The summed E-state index contributed by atoms with van der Waals surface area (Å²) in [4.78, 5) is 0. The summed E-state index contributed by atoms with van der Waals surface area (Å²) in [5, 5.41) is 13.9. The first-order chi connectivity index (χ1) is 6.33. The van der Waals surface area contributed by atoms with E-state index in [1.54, 1.807) is 0 Å². The van der Waals surface area contributed by atoms with Crippen LogP contribution in [-0.2, 0) is 6.42 Å². The molecule has 4 heteroatoms. The van der Waals surface area contributed by atoms with Gasteiger partial charge in [-0.15, -0.1) is 10.2 Å². The normalized spacial score (nSPS) is 13.2. The standard InChI is InChI=1S/C10H20N4/c1-9(2,3)10(4,5)7-6-8-11-13-14-12-8/h6-7H2,1-5H3,(H,11,12,13,14). The lowest BCUT2D eigenvalue weighted by Gasteiger charge is -2.38. The molecule has 4 nitrogen and oxygen atoms in total. The Balaban J connectivity index is 2.53. The predicted molar refractivity (Wildman–Crippen MR) is 55.7 cm³/mol. The molecule has 0 aromatic carbocycles. The fourth-order valence-corrected chi connectivity index (χ4v) is 1.09. The zero-order chi connectivity index (χ0) is 10.8. The maximum atomic E-state index is 3.95. The highest BCUT2D eigenvalue weighted by molar-refractivity contribution is 4.87. The number of hydrogen-bond donors (Lipinski definition) is 1. The van der Waals surface area contributed by atoms with E-state index in [9.17, 15) is 0 Å². The van der Waals surface area contributed by atoms with Gasteiger partial charge in [-0.3, -0.25) is 0 Å². The third-order valence-corrected chi connectivity index (χ3v) is 3.39. The number of nitrogens with zero attached hydrogens (tertiary/aromatic N) is 3. The zero-order valence-electron chi connectivity index (χ0n) is 9.76. The number of nitrogens with one attached hydrogen (secondary N) is 1. The van der Waals surface area contributed by atoms with Gasteiger partial charge >= 0.3 is 0 Å². The predicted octanol–water partition coefficient (Wildman–Crippen LogP) is 2.20. The van der Waals surface area contributed by atoms with Crippen molar-refractivity contribution in [2.45, 2.75) is 47.5 Å². The van der Waals surface area contributed by atoms with Crippen LogP contribution in [0.2, 0.25) is 0 Å². The lowest BCUT2D eigenvalue weighted by atomic mass is 9.67. The van der Waals surface area contributed by atoms with Crippen LogP contribution >= 0.6 is 0 Å². The van der Waals surface area contributed by atoms with Gasteiger partial charge in [-0.2, -0.15) is 5.21 Å². The highest BCUT2D eigenvalue weighted by Gasteiger charge is 2.32. The van der Waals surface area contributed by atoms with Crippen LogP contribution < -0.4 is 0 Å². The van der Waals surface area contributed by atoms with Crippen LogP contribution in [0.5, 0.6) is 0 Å². The van der Waals surface area contributed by atoms with E-state index in [-0.39, 0.29) is 5.41 Å². The Hall–Kier alpha value is -0.930. The summed E-state index contributed by atoms with van der Waals surface area (Å²) in [7, 11) is 0. The highest BCUT2D eigenvalue weighted by Crippen LogP contribution is 2.41. The molecule has 14 heavy (non-hydrogen) atoms. The van der Waals surface area contributed by atoms with Gasteiger partial charge in [0.15, 0.2) is 5.82 Å². The molecule has 1 rings (SSSR count). The Morgan fingerprint density at radius 3 is 2.21 bits per heavy atom. The maximum absolute atomic E-state index is 3.95. The monoisotopic (exact) mass is 196 g/mol. The number of tetrazole rings is 1. The molecule has 0 amide bonds. The highest BCUT2D eigenvalue weighted by atomic mass is 15.5. The number of rotatable bonds is 3. The molecule has 0 saturated carbocycles. The molecule has 0 atom stereocenters. The van der Waals surface area contributed by atoms with Gasteiger partial charge in [-0.25, -0.2) is 0 Å². The molecule has 0 bridgehead atoms. The van der Waals surface area contributed by atoms with Crippen molar-refractivity contribution < 1.29 is 0 Å². The first kappa shape index (κ1) is 11.1. The van der Waals surface area contributed by atoms with Crippen molar-refractivity contribution >= 4 is 0 Å². The molecule has 0 fully saturated rings. The Morgan fingerprint density at radius 2 is 1.79 bits per heavy atom. The number of aromatic amines is 1. The lowest BCUT2D eigenvalue weighted by molar-refractivity contribution is 0.119. The average molecular weight is 196 g/mol. The topological polar surface area (TPSA) is 54.5 Å². The summed E-state index contributed by atoms with van der Waals surface area (Å²) < 4.78 is 0. The minimum absolute atomic E-state index is 0.285. The van der Waals surface area contributed by atoms with Crippen molar-refractivity contribution in [3.05, 3.63) is 5.82 Å². The van der Waals surface area contributed by atoms with Crippen molar-refractivity contribution in [3.63, 3.8) is 0 Å². The second-order valence-electron chi connectivity index (χ2n) is 5.46. The zero-order valence-corrected chi connectivity index (χ0v) is 9.76. The third kappa shape index (κ3) is 2.53. The first-order valence-electron chi connectivity index (χ1n) is 5.05. The minimum Gasteiger partial charge on any atom is -0.177 e. The van der Waals surface area contributed by atoms with Crippen molar-refractivity contribution in [1.29, 1.82) is 0 Å². The van der Waals surface area contributed by atoms with Gasteiger partial charge in [-0.05, 0) is 17.3 Å². The second-order valence-corrected chi connectivity index (χ2v) is 5.46. The van der Waals surface area contributed by atoms with Crippen LogP contribution in [0.3, 0.4) is 0 Å². The molecule has 1 aromatic rings. The van der Waals surface area contributed by atoms with E-state index in [4.69, 9.17) is 0 Å².